The number of ether oxygens (including phenoxy) is 2. The van der Waals surface area contributed by atoms with Crippen molar-refractivity contribution < 1.29 is 9.47 Å². The molecule has 0 saturated carbocycles. The zero-order chi connectivity index (χ0) is 13.7. The molecule has 0 bridgehead atoms. The standard InChI is InChI=1S/C16H25NO2/c1-12(2)17-11-14-5-4-10-19-16(14)13-6-8-15(18-3)9-7-13/h6-9,12,14,16-17H,4-5,10-11H2,1-3H3. The quantitative estimate of drug-likeness (QED) is 0.885. The Morgan fingerprint density at radius 3 is 2.68 bits per heavy atom. The Morgan fingerprint density at radius 2 is 2.05 bits per heavy atom. The van der Waals surface area contributed by atoms with E-state index in [9.17, 15) is 0 Å². The second-order valence-corrected chi connectivity index (χ2v) is 5.53. The van der Waals surface area contributed by atoms with Crippen LogP contribution in [0.2, 0.25) is 0 Å². The molecule has 2 unspecified atom stereocenters. The molecule has 3 nitrogen and oxygen atoms in total. The molecule has 0 aromatic heterocycles. The van der Waals surface area contributed by atoms with Crippen LogP contribution in [0, 0.1) is 5.92 Å². The Labute approximate surface area is 116 Å². The Hall–Kier alpha value is -1.06. The lowest BCUT2D eigenvalue weighted by molar-refractivity contribution is -0.0282. The summed E-state index contributed by atoms with van der Waals surface area (Å²) in [6, 6.07) is 8.80. The molecule has 1 aromatic carbocycles. The van der Waals surface area contributed by atoms with Crippen LogP contribution in [0.25, 0.3) is 0 Å². The van der Waals surface area contributed by atoms with Crippen LogP contribution in [0.4, 0.5) is 0 Å². The van der Waals surface area contributed by atoms with E-state index in [2.05, 4.69) is 31.3 Å². The van der Waals surface area contributed by atoms with Gasteiger partial charge in [-0.3, -0.25) is 0 Å². The highest BCUT2D eigenvalue weighted by Gasteiger charge is 2.27. The van der Waals surface area contributed by atoms with Gasteiger partial charge in [-0.25, -0.2) is 0 Å². The smallest absolute Gasteiger partial charge is 0.118 e. The molecule has 1 fully saturated rings. The Kier molecular flexibility index (Phi) is 5.23. The predicted molar refractivity (Wildman–Crippen MR) is 77.5 cm³/mol. The minimum absolute atomic E-state index is 0.214. The van der Waals surface area contributed by atoms with Gasteiger partial charge in [0, 0.05) is 25.1 Å². The monoisotopic (exact) mass is 263 g/mol. The fraction of sp³-hybridized carbons (Fsp3) is 0.625. The molecule has 1 N–H and O–H groups in total. The van der Waals surface area contributed by atoms with Crippen molar-refractivity contribution in [1.82, 2.24) is 5.32 Å². The van der Waals surface area contributed by atoms with E-state index < -0.39 is 0 Å². The normalized spacial score (nSPS) is 23.6. The first-order valence-corrected chi connectivity index (χ1v) is 7.19. The molecule has 106 valence electrons. The van der Waals surface area contributed by atoms with Gasteiger partial charge in [-0.2, -0.15) is 0 Å². The van der Waals surface area contributed by atoms with Gasteiger partial charge in [0.25, 0.3) is 0 Å². The van der Waals surface area contributed by atoms with Crippen molar-refractivity contribution in [2.45, 2.75) is 38.8 Å². The molecule has 0 spiro atoms. The Morgan fingerprint density at radius 1 is 1.32 bits per heavy atom. The molecule has 0 aliphatic carbocycles. The number of hydrogen-bond donors (Lipinski definition) is 1. The van der Waals surface area contributed by atoms with Crippen molar-refractivity contribution in [2.75, 3.05) is 20.3 Å². The van der Waals surface area contributed by atoms with Crippen LogP contribution in [-0.4, -0.2) is 26.3 Å². The summed E-state index contributed by atoms with van der Waals surface area (Å²) in [4.78, 5) is 0. The van der Waals surface area contributed by atoms with Crippen LogP contribution in [0.1, 0.15) is 38.4 Å². The summed E-state index contributed by atoms with van der Waals surface area (Å²) in [5.74, 6) is 1.46. The van der Waals surface area contributed by atoms with E-state index in [0.717, 1.165) is 25.3 Å². The van der Waals surface area contributed by atoms with Gasteiger partial charge in [0.05, 0.1) is 13.2 Å². The van der Waals surface area contributed by atoms with E-state index in [1.807, 2.05) is 12.1 Å². The maximum Gasteiger partial charge on any atom is 0.118 e. The minimum Gasteiger partial charge on any atom is -0.497 e. The van der Waals surface area contributed by atoms with Gasteiger partial charge in [0.1, 0.15) is 5.75 Å². The molecule has 0 amide bonds. The highest BCUT2D eigenvalue weighted by Crippen LogP contribution is 2.33. The number of hydrogen-bond acceptors (Lipinski definition) is 3. The van der Waals surface area contributed by atoms with Crippen molar-refractivity contribution >= 4 is 0 Å². The summed E-state index contributed by atoms with van der Waals surface area (Å²) < 4.78 is 11.2. The molecule has 2 atom stereocenters. The van der Waals surface area contributed by atoms with Crippen LogP contribution in [0.3, 0.4) is 0 Å². The van der Waals surface area contributed by atoms with Crippen molar-refractivity contribution in [3.63, 3.8) is 0 Å². The summed E-state index contributed by atoms with van der Waals surface area (Å²) in [7, 11) is 1.70. The fourth-order valence-electron chi connectivity index (χ4n) is 2.60. The first-order chi connectivity index (χ1) is 9.20. The van der Waals surface area contributed by atoms with Gasteiger partial charge in [0.15, 0.2) is 0 Å². The van der Waals surface area contributed by atoms with E-state index >= 15 is 0 Å². The summed E-state index contributed by atoms with van der Waals surface area (Å²) >= 11 is 0. The predicted octanol–water partition coefficient (Wildman–Crippen LogP) is 3.16. The fourth-order valence-corrected chi connectivity index (χ4v) is 2.60. The molecule has 1 aliphatic heterocycles. The minimum atomic E-state index is 0.214. The van der Waals surface area contributed by atoms with Crippen LogP contribution in [-0.2, 0) is 4.74 Å². The molecule has 1 aliphatic rings. The van der Waals surface area contributed by atoms with Gasteiger partial charge in [-0.15, -0.1) is 0 Å². The zero-order valence-electron chi connectivity index (χ0n) is 12.2. The molecule has 0 radical (unpaired) electrons. The van der Waals surface area contributed by atoms with Gasteiger partial charge in [-0.1, -0.05) is 26.0 Å². The van der Waals surface area contributed by atoms with Crippen molar-refractivity contribution in [2.24, 2.45) is 5.92 Å². The molecule has 3 heteroatoms. The number of nitrogens with one attached hydrogen (secondary N) is 1. The maximum atomic E-state index is 6.00. The van der Waals surface area contributed by atoms with E-state index in [4.69, 9.17) is 9.47 Å². The average molecular weight is 263 g/mol. The maximum absolute atomic E-state index is 6.00. The lowest BCUT2D eigenvalue weighted by atomic mass is 9.89. The third kappa shape index (κ3) is 3.95. The van der Waals surface area contributed by atoms with Crippen LogP contribution >= 0.6 is 0 Å². The lowest BCUT2D eigenvalue weighted by Crippen LogP contribution is -2.35. The topological polar surface area (TPSA) is 30.5 Å². The molecule has 1 saturated heterocycles. The second kappa shape index (κ2) is 6.92. The summed E-state index contributed by atoms with van der Waals surface area (Å²) in [6.07, 6.45) is 2.61. The van der Waals surface area contributed by atoms with Crippen molar-refractivity contribution in [1.29, 1.82) is 0 Å². The van der Waals surface area contributed by atoms with Crippen LogP contribution in [0.5, 0.6) is 5.75 Å². The van der Waals surface area contributed by atoms with Crippen molar-refractivity contribution in [3.05, 3.63) is 29.8 Å². The Bertz CT molecular complexity index is 375. The van der Waals surface area contributed by atoms with Crippen molar-refractivity contribution in [3.8, 4) is 5.75 Å². The number of methoxy groups -OCH3 is 1. The lowest BCUT2D eigenvalue weighted by Gasteiger charge is -2.33. The van der Waals surface area contributed by atoms with Gasteiger partial charge < -0.3 is 14.8 Å². The molecular formula is C16H25NO2. The summed E-state index contributed by atoms with van der Waals surface area (Å²) in [5.41, 5.74) is 1.26. The molecule has 1 heterocycles. The first kappa shape index (κ1) is 14.4. The number of benzene rings is 1. The first-order valence-electron chi connectivity index (χ1n) is 7.19. The Balaban J connectivity index is 2.04. The van der Waals surface area contributed by atoms with E-state index in [1.165, 1.54) is 12.0 Å². The van der Waals surface area contributed by atoms with Gasteiger partial charge in [-0.05, 0) is 30.5 Å². The molecule has 1 aromatic rings. The third-order valence-corrected chi connectivity index (χ3v) is 3.68. The summed E-state index contributed by atoms with van der Waals surface area (Å²) in [6.45, 7) is 6.27. The average Bonchev–Trinajstić information content (AvgIpc) is 2.45. The van der Waals surface area contributed by atoms with Gasteiger partial charge in [0.2, 0.25) is 0 Å². The summed E-state index contributed by atoms with van der Waals surface area (Å²) in [5, 5.41) is 3.53. The number of rotatable bonds is 5. The molecule has 2 rings (SSSR count). The largest absolute Gasteiger partial charge is 0.497 e. The van der Waals surface area contributed by atoms with Crippen LogP contribution in [0.15, 0.2) is 24.3 Å². The highest BCUT2D eigenvalue weighted by atomic mass is 16.5. The SMILES string of the molecule is COc1ccc(C2OCCCC2CNC(C)C)cc1. The van der Waals surface area contributed by atoms with E-state index in [0.29, 0.717) is 12.0 Å². The second-order valence-electron chi connectivity index (χ2n) is 5.53. The molecular weight excluding hydrogens is 238 g/mol. The third-order valence-electron chi connectivity index (χ3n) is 3.68. The van der Waals surface area contributed by atoms with E-state index in [-0.39, 0.29) is 6.10 Å². The van der Waals surface area contributed by atoms with Crippen LogP contribution < -0.4 is 10.1 Å². The zero-order valence-corrected chi connectivity index (χ0v) is 12.2. The van der Waals surface area contributed by atoms with Gasteiger partial charge >= 0.3 is 0 Å². The highest BCUT2D eigenvalue weighted by molar-refractivity contribution is 5.29. The molecule has 19 heavy (non-hydrogen) atoms. The van der Waals surface area contributed by atoms with E-state index in [1.54, 1.807) is 7.11 Å².